The number of rotatable bonds is 4. The highest BCUT2D eigenvalue weighted by molar-refractivity contribution is 5.92. The van der Waals surface area contributed by atoms with Crippen LogP contribution in [0.25, 0.3) is 11.0 Å². The minimum absolute atomic E-state index is 0.141. The van der Waals surface area contributed by atoms with Gasteiger partial charge in [0.25, 0.3) is 0 Å². The quantitative estimate of drug-likeness (QED) is 0.890. The van der Waals surface area contributed by atoms with E-state index >= 15 is 0 Å². The molecule has 6 heteroatoms. The summed E-state index contributed by atoms with van der Waals surface area (Å²) in [6, 6.07) is 6.30. The SMILES string of the molecule is CC1(C)C[C@@H](NCCO)CN(c2ccc(C#N)c3nccnc23)C1. The molecule has 2 N–H and O–H groups in total. The van der Waals surface area contributed by atoms with Gasteiger partial charge in [0, 0.05) is 38.1 Å². The second-order valence-corrected chi connectivity index (χ2v) is 7.12. The van der Waals surface area contributed by atoms with Crippen LogP contribution in [0.2, 0.25) is 0 Å². The zero-order valence-corrected chi connectivity index (χ0v) is 14.2. The van der Waals surface area contributed by atoms with E-state index in [0.717, 1.165) is 30.7 Å². The molecule has 0 saturated carbocycles. The van der Waals surface area contributed by atoms with E-state index in [1.165, 1.54) is 0 Å². The lowest BCUT2D eigenvalue weighted by Gasteiger charge is -2.44. The summed E-state index contributed by atoms with van der Waals surface area (Å²) >= 11 is 0. The molecule has 1 aromatic carbocycles. The van der Waals surface area contributed by atoms with Crippen molar-refractivity contribution in [1.82, 2.24) is 15.3 Å². The Morgan fingerprint density at radius 2 is 2.08 bits per heavy atom. The number of aliphatic hydroxyl groups excluding tert-OH is 1. The molecule has 0 radical (unpaired) electrons. The lowest BCUT2D eigenvalue weighted by molar-refractivity contribution is 0.225. The third-order valence-corrected chi connectivity index (χ3v) is 4.47. The number of hydrogen-bond donors (Lipinski definition) is 2. The van der Waals surface area contributed by atoms with Crippen LogP contribution < -0.4 is 10.2 Å². The molecule has 0 spiro atoms. The monoisotopic (exact) mass is 325 g/mol. The highest BCUT2D eigenvalue weighted by atomic mass is 16.3. The fraction of sp³-hybridized carbons (Fsp3) is 0.500. The molecule has 2 aromatic rings. The summed E-state index contributed by atoms with van der Waals surface area (Å²) < 4.78 is 0. The molecular weight excluding hydrogens is 302 g/mol. The number of aromatic nitrogens is 2. The lowest BCUT2D eigenvalue weighted by Crippen LogP contribution is -2.53. The Balaban J connectivity index is 1.98. The van der Waals surface area contributed by atoms with E-state index < -0.39 is 0 Å². The van der Waals surface area contributed by atoms with E-state index in [2.05, 4.69) is 40.1 Å². The van der Waals surface area contributed by atoms with Gasteiger partial charge in [-0.05, 0) is 24.0 Å². The first-order valence-corrected chi connectivity index (χ1v) is 8.27. The van der Waals surface area contributed by atoms with E-state index in [1.807, 2.05) is 12.1 Å². The normalized spacial score (nSPS) is 20.1. The van der Waals surface area contributed by atoms with Gasteiger partial charge in [0.15, 0.2) is 0 Å². The van der Waals surface area contributed by atoms with Gasteiger partial charge in [-0.15, -0.1) is 0 Å². The molecule has 0 amide bonds. The minimum atomic E-state index is 0.141. The maximum atomic E-state index is 9.29. The summed E-state index contributed by atoms with van der Waals surface area (Å²) in [4.78, 5) is 11.2. The number of piperidine rings is 1. The van der Waals surface area contributed by atoms with Crippen molar-refractivity contribution in [3.63, 3.8) is 0 Å². The highest BCUT2D eigenvalue weighted by Crippen LogP contribution is 2.34. The first kappa shape index (κ1) is 16.6. The molecule has 1 aliphatic rings. The summed E-state index contributed by atoms with van der Waals surface area (Å²) in [6.45, 7) is 7.02. The molecule has 1 aliphatic heterocycles. The van der Waals surface area contributed by atoms with E-state index in [-0.39, 0.29) is 12.0 Å². The predicted octanol–water partition coefficient (Wildman–Crippen LogP) is 1.69. The van der Waals surface area contributed by atoms with E-state index in [9.17, 15) is 5.26 Å². The number of aliphatic hydroxyl groups is 1. The maximum Gasteiger partial charge on any atom is 0.113 e. The summed E-state index contributed by atoms with van der Waals surface area (Å²) in [7, 11) is 0. The van der Waals surface area contributed by atoms with Crippen molar-refractivity contribution in [2.45, 2.75) is 26.3 Å². The van der Waals surface area contributed by atoms with Crippen LogP contribution in [-0.2, 0) is 0 Å². The largest absolute Gasteiger partial charge is 0.395 e. The van der Waals surface area contributed by atoms with Crippen molar-refractivity contribution in [3.8, 4) is 6.07 Å². The third kappa shape index (κ3) is 3.32. The second kappa shape index (κ2) is 6.71. The Labute approximate surface area is 142 Å². The first-order valence-electron chi connectivity index (χ1n) is 8.27. The van der Waals surface area contributed by atoms with Crippen LogP contribution in [0.1, 0.15) is 25.8 Å². The van der Waals surface area contributed by atoms with Crippen LogP contribution in [0.4, 0.5) is 5.69 Å². The average molecular weight is 325 g/mol. The summed E-state index contributed by atoms with van der Waals surface area (Å²) in [5.41, 5.74) is 3.14. The van der Waals surface area contributed by atoms with Gasteiger partial charge in [-0.2, -0.15) is 5.26 Å². The van der Waals surface area contributed by atoms with Gasteiger partial charge in [0.2, 0.25) is 0 Å². The zero-order valence-electron chi connectivity index (χ0n) is 14.2. The van der Waals surface area contributed by atoms with Crippen LogP contribution in [-0.4, -0.2) is 47.4 Å². The van der Waals surface area contributed by atoms with E-state index in [1.54, 1.807) is 12.4 Å². The molecule has 1 aromatic heterocycles. The van der Waals surface area contributed by atoms with E-state index in [0.29, 0.717) is 23.7 Å². The third-order valence-electron chi connectivity index (χ3n) is 4.47. The molecular formula is C18H23N5O. The summed E-state index contributed by atoms with van der Waals surface area (Å²) in [5, 5.41) is 21.8. The number of nitrogens with zero attached hydrogens (tertiary/aromatic N) is 4. The van der Waals surface area contributed by atoms with Crippen LogP contribution >= 0.6 is 0 Å². The van der Waals surface area contributed by atoms with Crippen LogP contribution in [0.5, 0.6) is 0 Å². The number of fused-ring (bicyclic) bond motifs is 1. The molecule has 0 aliphatic carbocycles. The van der Waals surface area contributed by atoms with Crippen LogP contribution in [0, 0.1) is 16.7 Å². The van der Waals surface area contributed by atoms with Crippen molar-refractivity contribution in [3.05, 3.63) is 30.1 Å². The Morgan fingerprint density at radius 1 is 1.33 bits per heavy atom. The number of nitriles is 1. The van der Waals surface area contributed by atoms with E-state index in [4.69, 9.17) is 5.11 Å². The zero-order chi connectivity index (χ0) is 17.2. The maximum absolute atomic E-state index is 9.29. The molecule has 1 atom stereocenters. The Kier molecular flexibility index (Phi) is 4.65. The van der Waals surface area contributed by atoms with Crippen molar-refractivity contribution in [2.24, 2.45) is 5.41 Å². The summed E-state index contributed by atoms with van der Waals surface area (Å²) in [6.07, 6.45) is 4.35. The smallest absolute Gasteiger partial charge is 0.113 e. The van der Waals surface area contributed by atoms with Gasteiger partial charge in [-0.1, -0.05) is 13.8 Å². The van der Waals surface area contributed by atoms with Crippen molar-refractivity contribution in [2.75, 3.05) is 31.1 Å². The number of hydrogen-bond acceptors (Lipinski definition) is 6. The average Bonchev–Trinajstić information content (AvgIpc) is 2.57. The predicted molar refractivity (Wildman–Crippen MR) is 93.7 cm³/mol. The Bertz CT molecular complexity index is 768. The van der Waals surface area contributed by atoms with Gasteiger partial charge in [0.1, 0.15) is 17.1 Å². The van der Waals surface area contributed by atoms with Crippen LogP contribution in [0.15, 0.2) is 24.5 Å². The standard InChI is InChI=1S/C18H23N5O/c1-18(2)9-14(20-7-8-24)11-23(12-18)15-4-3-13(10-19)16-17(15)22-6-5-21-16/h3-6,14,20,24H,7-9,11-12H2,1-2H3/t14-/m1/s1. The molecule has 1 saturated heterocycles. The topological polar surface area (TPSA) is 85.1 Å². The first-order chi connectivity index (χ1) is 11.5. The van der Waals surface area contributed by atoms with Gasteiger partial charge in [-0.3, -0.25) is 9.97 Å². The molecule has 0 unspecified atom stereocenters. The molecule has 126 valence electrons. The molecule has 6 nitrogen and oxygen atoms in total. The van der Waals surface area contributed by atoms with Crippen LogP contribution in [0.3, 0.4) is 0 Å². The molecule has 2 heterocycles. The number of anilines is 1. The minimum Gasteiger partial charge on any atom is -0.395 e. The molecule has 1 fully saturated rings. The lowest BCUT2D eigenvalue weighted by atomic mass is 9.81. The second-order valence-electron chi connectivity index (χ2n) is 7.12. The molecule has 3 rings (SSSR count). The number of nitrogens with one attached hydrogen (secondary N) is 1. The van der Waals surface area contributed by atoms with Gasteiger partial charge >= 0.3 is 0 Å². The molecule has 0 bridgehead atoms. The van der Waals surface area contributed by atoms with Gasteiger partial charge < -0.3 is 15.3 Å². The number of benzene rings is 1. The van der Waals surface area contributed by atoms with Gasteiger partial charge in [-0.25, -0.2) is 0 Å². The van der Waals surface area contributed by atoms with Gasteiger partial charge in [0.05, 0.1) is 17.9 Å². The van der Waals surface area contributed by atoms with Crippen molar-refractivity contribution >= 4 is 16.7 Å². The van der Waals surface area contributed by atoms with Crippen molar-refractivity contribution < 1.29 is 5.11 Å². The summed E-state index contributed by atoms with van der Waals surface area (Å²) in [5.74, 6) is 0. The Morgan fingerprint density at radius 3 is 2.79 bits per heavy atom. The highest BCUT2D eigenvalue weighted by Gasteiger charge is 2.33. The van der Waals surface area contributed by atoms with Crippen molar-refractivity contribution in [1.29, 1.82) is 5.26 Å². The Hall–Kier alpha value is -2.23. The molecule has 24 heavy (non-hydrogen) atoms. The fourth-order valence-corrected chi connectivity index (χ4v) is 3.62. The fourth-order valence-electron chi connectivity index (χ4n) is 3.62.